The van der Waals surface area contributed by atoms with Crippen LogP contribution in [0.1, 0.15) is 12.8 Å². The number of benzene rings is 2. The fourth-order valence-electron chi connectivity index (χ4n) is 3.73. The molecule has 166 valence electrons. The molecule has 8 nitrogen and oxygen atoms in total. The summed E-state index contributed by atoms with van der Waals surface area (Å²) in [4.78, 5) is 16.7. The third-order valence-corrected chi connectivity index (χ3v) is 6.90. The van der Waals surface area contributed by atoms with Crippen molar-refractivity contribution >= 4 is 21.6 Å². The van der Waals surface area contributed by atoms with E-state index in [1.54, 1.807) is 6.07 Å². The Morgan fingerprint density at radius 3 is 2.39 bits per heavy atom. The van der Waals surface area contributed by atoms with Gasteiger partial charge in [-0.25, -0.2) is 13.1 Å². The Kier molecular flexibility index (Phi) is 6.62. The van der Waals surface area contributed by atoms with Crippen molar-refractivity contribution in [3.63, 3.8) is 0 Å². The third-order valence-electron chi connectivity index (χ3n) is 5.44. The molecule has 1 saturated heterocycles. The van der Waals surface area contributed by atoms with Crippen LogP contribution < -0.4 is 19.1 Å². The van der Waals surface area contributed by atoms with Gasteiger partial charge in [0.25, 0.3) is 0 Å². The largest absolute Gasteiger partial charge is 0.486 e. The Bertz CT molecular complexity index is 1010. The smallest absolute Gasteiger partial charge is 0.240 e. The molecule has 0 aliphatic carbocycles. The number of carbonyl (C=O) groups is 1. The fourth-order valence-corrected chi connectivity index (χ4v) is 4.82. The number of anilines is 1. The van der Waals surface area contributed by atoms with Gasteiger partial charge in [-0.1, -0.05) is 18.2 Å². The molecule has 0 unspecified atom stereocenters. The number of piperazine rings is 1. The van der Waals surface area contributed by atoms with Crippen LogP contribution in [0.2, 0.25) is 0 Å². The molecule has 2 aliphatic heterocycles. The Morgan fingerprint density at radius 1 is 0.935 bits per heavy atom. The number of nitrogens with zero attached hydrogens (tertiary/aromatic N) is 2. The standard InChI is InChI=1S/C22H27N3O5S/c26-22(25-13-11-24(12-14-25)18-5-2-1-3-6-18)7-4-10-23-31(27,28)19-8-9-20-21(17-19)30-16-15-29-20/h1-3,5-6,8-9,17,23H,4,7,10-16H2. The Balaban J connectivity index is 1.21. The average Bonchev–Trinajstić information content (AvgIpc) is 2.82. The monoisotopic (exact) mass is 445 g/mol. The molecule has 0 radical (unpaired) electrons. The average molecular weight is 446 g/mol. The highest BCUT2D eigenvalue weighted by Gasteiger charge is 2.22. The lowest BCUT2D eigenvalue weighted by atomic mass is 10.2. The summed E-state index contributed by atoms with van der Waals surface area (Å²) in [6, 6.07) is 14.7. The van der Waals surface area contributed by atoms with E-state index in [1.807, 2.05) is 23.1 Å². The number of amides is 1. The van der Waals surface area contributed by atoms with Crippen LogP contribution in [0, 0.1) is 0 Å². The van der Waals surface area contributed by atoms with E-state index in [-0.39, 0.29) is 17.3 Å². The summed E-state index contributed by atoms with van der Waals surface area (Å²) >= 11 is 0. The molecule has 0 saturated carbocycles. The number of sulfonamides is 1. The molecule has 0 bridgehead atoms. The molecule has 2 heterocycles. The predicted octanol–water partition coefficient (Wildman–Crippen LogP) is 1.87. The van der Waals surface area contributed by atoms with Crippen LogP contribution in [0.3, 0.4) is 0 Å². The predicted molar refractivity (Wildman–Crippen MR) is 117 cm³/mol. The molecule has 0 spiro atoms. The van der Waals surface area contributed by atoms with Gasteiger partial charge < -0.3 is 19.3 Å². The first-order valence-corrected chi connectivity index (χ1v) is 12.0. The van der Waals surface area contributed by atoms with Gasteiger partial charge in [0.1, 0.15) is 13.2 Å². The molecule has 31 heavy (non-hydrogen) atoms. The molecule has 2 aromatic rings. The number of nitrogens with one attached hydrogen (secondary N) is 1. The zero-order valence-electron chi connectivity index (χ0n) is 17.3. The van der Waals surface area contributed by atoms with Gasteiger partial charge >= 0.3 is 0 Å². The highest BCUT2D eigenvalue weighted by Crippen LogP contribution is 2.32. The summed E-state index contributed by atoms with van der Waals surface area (Å²) in [5.41, 5.74) is 1.17. The van der Waals surface area contributed by atoms with Crippen LogP contribution in [0.25, 0.3) is 0 Å². The Hall–Kier alpha value is -2.78. The van der Waals surface area contributed by atoms with Gasteiger partial charge in [0.2, 0.25) is 15.9 Å². The molecule has 0 aromatic heterocycles. The van der Waals surface area contributed by atoms with Gasteiger partial charge in [-0.05, 0) is 30.7 Å². The van der Waals surface area contributed by atoms with Crippen LogP contribution in [-0.2, 0) is 14.8 Å². The normalized spacial score (nSPS) is 16.3. The molecule has 2 aromatic carbocycles. The second kappa shape index (κ2) is 9.57. The molecule has 0 atom stereocenters. The Labute approximate surface area is 182 Å². The summed E-state index contributed by atoms with van der Waals surface area (Å²) < 4.78 is 38.5. The first kappa shape index (κ1) is 21.5. The first-order valence-electron chi connectivity index (χ1n) is 10.5. The second-order valence-electron chi connectivity index (χ2n) is 7.51. The molecule has 2 aliphatic rings. The molecule has 1 N–H and O–H groups in total. The van der Waals surface area contributed by atoms with Crippen LogP contribution in [-0.4, -0.2) is 65.2 Å². The van der Waals surface area contributed by atoms with Gasteiger partial charge in [-0.3, -0.25) is 4.79 Å². The van der Waals surface area contributed by atoms with E-state index in [9.17, 15) is 13.2 Å². The highest BCUT2D eigenvalue weighted by atomic mass is 32.2. The quantitative estimate of drug-likeness (QED) is 0.655. The summed E-state index contributed by atoms with van der Waals surface area (Å²) in [5.74, 6) is 1.04. The van der Waals surface area contributed by atoms with Crippen molar-refractivity contribution in [3.8, 4) is 11.5 Å². The van der Waals surface area contributed by atoms with E-state index >= 15 is 0 Å². The third kappa shape index (κ3) is 5.29. The van der Waals surface area contributed by atoms with E-state index < -0.39 is 10.0 Å². The molecule has 1 amide bonds. The number of hydrogen-bond acceptors (Lipinski definition) is 6. The molecular formula is C22H27N3O5S. The van der Waals surface area contributed by atoms with Crippen molar-refractivity contribution < 1.29 is 22.7 Å². The second-order valence-corrected chi connectivity index (χ2v) is 9.28. The SMILES string of the molecule is O=C(CCCNS(=O)(=O)c1ccc2c(c1)OCCO2)N1CCN(c2ccccc2)CC1. The summed E-state index contributed by atoms with van der Waals surface area (Å²) in [5, 5.41) is 0. The number of ether oxygens (including phenoxy) is 2. The van der Waals surface area contributed by atoms with Crippen LogP contribution >= 0.6 is 0 Å². The van der Waals surface area contributed by atoms with Crippen molar-refractivity contribution in [3.05, 3.63) is 48.5 Å². The lowest BCUT2D eigenvalue weighted by Gasteiger charge is -2.36. The van der Waals surface area contributed by atoms with Gasteiger partial charge in [0.15, 0.2) is 11.5 Å². The van der Waals surface area contributed by atoms with E-state index in [0.717, 1.165) is 13.1 Å². The molecular weight excluding hydrogens is 418 g/mol. The summed E-state index contributed by atoms with van der Waals surface area (Å²) in [6.45, 7) is 4.00. The lowest BCUT2D eigenvalue weighted by Crippen LogP contribution is -2.48. The first-order chi connectivity index (χ1) is 15.0. The van der Waals surface area contributed by atoms with Gasteiger partial charge in [0.05, 0.1) is 4.90 Å². The topological polar surface area (TPSA) is 88.2 Å². The van der Waals surface area contributed by atoms with Crippen LogP contribution in [0.4, 0.5) is 5.69 Å². The minimum atomic E-state index is -3.67. The molecule has 4 rings (SSSR count). The van der Waals surface area contributed by atoms with E-state index in [0.29, 0.717) is 50.6 Å². The van der Waals surface area contributed by atoms with Gasteiger partial charge in [-0.2, -0.15) is 0 Å². The van der Waals surface area contributed by atoms with Crippen LogP contribution in [0.5, 0.6) is 11.5 Å². The maximum Gasteiger partial charge on any atom is 0.240 e. The summed E-state index contributed by atoms with van der Waals surface area (Å²) in [7, 11) is -3.67. The fraction of sp³-hybridized carbons (Fsp3) is 0.409. The van der Waals surface area contributed by atoms with E-state index in [4.69, 9.17) is 9.47 Å². The van der Waals surface area contributed by atoms with Crippen molar-refractivity contribution in [1.82, 2.24) is 9.62 Å². The van der Waals surface area contributed by atoms with Crippen molar-refractivity contribution in [1.29, 1.82) is 0 Å². The number of carbonyl (C=O) groups excluding carboxylic acids is 1. The number of rotatable bonds is 7. The van der Waals surface area contributed by atoms with Gasteiger partial charge in [0, 0.05) is 50.9 Å². The van der Waals surface area contributed by atoms with Gasteiger partial charge in [-0.15, -0.1) is 0 Å². The molecule has 1 fully saturated rings. The zero-order chi connectivity index (χ0) is 21.7. The number of hydrogen-bond donors (Lipinski definition) is 1. The van der Waals surface area contributed by atoms with Crippen molar-refractivity contribution in [2.24, 2.45) is 0 Å². The number of para-hydroxylation sites is 1. The zero-order valence-corrected chi connectivity index (χ0v) is 18.1. The lowest BCUT2D eigenvalue weighted by molar-refractivity contribution is -0.131. The highest BCUT2D eigenvalue weighted by molar-refractivity contribution is 7.89. The summed E-state index contributed by atoms with van der Waals surface area (Å²) in [6.07, 6.45) is 0.760. The Morgan fingerprint density at radius 2 is 1.65 bits per heavy atom. The van der Waals surface area contributed by atoms with E-state index in [1.165, 1.54) is 17.8 Å². The minimum Gasteiger partial charge on any atom is -0.486 e. The maximum absolute atomic E-state index is 12.5. The van der Waals surface area contributed by atoms with Crippen molar-refractivity contribution in [2.45, 2.75) is 17.7 Å². The van der Waals surface area contributed by atoms with Crippen molar-refractivity contribution in [2.75, 3.05) is 50.8 Å². The maximum atomic E-state index is 12.5. The van der Waals surface area contributed by atoms with E-state index in [2.05, 4.69) is 21.8 Å². The molecule has 9 heteroatoms. The van der Waals surface area contributed by atoms with Crippen LogP contribution in [0.15, 0.2) is 53.4 Å². The minimum absolute atomic E-state index is 0.0613. The number of fused-ring (bicyclic) bond motifs is 1.